The fourth-order valence-electron chi connectivity index (χ4n) is 2.41. The number of nitrogens with zero attached hydrogens (tertiary/aromatic N) is 1. The minimum atomic E-state index is -0.200. The van der Waals surface area contributed by atoms with Crippen molar-refractivity contribution < 1.29 is 9.26 Å². The van der Waals surface area contributed by atoms with Crippen LogP contribution in [0.2, 0.25) is 0 Å². The first-order chi connectivity index (χ1) is 10.8. The highest BCUT2D eigenvalue weighted by molar-refractivity contribution is 5.58. The van der Waals surface area contributed by atoms with Crippen LogP contribution < -0.4 is 0 Å². The number of aromatic nitrogens is 1. The van der Waals surface area contributed by atoms with E-state index in [1.54, 1.807) is 0 Å². The lowest BCUT2D eigenvalue weighted by molar-refractivity contribution is 0.0859. The molecule has 1 atom stereocenters. The van der Waals surface area contributed by atoms with Gasteiger partial charge in [-0.3, -0.25) is 0 Å². The van der Waals surface area contributed by atoms with E-state index in [1.165, 1.54) is 5.56 Å². The summed E-state index contributed by atoms with van der Waals surface area (Å²) in [6.45, 7) is 4.67. The van der Waals surface area contributed by atoms with E-state index in [0.717, 1.165) is 22.6 Å². The zero-order chi connectivity index (χ0) is 15.4. The molecule has 3 rings (SSSR count). The third-order valence-corrected chi connectivity index (χ3v) is 3.57. The molecule has 3 aromatic rings. The number of aryl methyl sites for hydroxylation is 1. The maximum Gasteiger partial charge on any atom is 0.167 e. The van der Waals surface area contributed by atoms with Crippen molar-refractivity contribution in [3.05, 3.63) is 77.5 Å². The van der Waals surface area contributed by atoms with Gasteiger partial charge in [0, 0.05) is 18.2 Å². The highest BCUT2D eigenvalue weighted by Crippen LogP contribution is 2.29. The van der Waals surface area contributed by atoms with Gasteiger partial charge in [0.05, 0.1) is 0 Å². The third kappa shape index (κ3) is 3.10. The monoisotopic (exact) mass is 293 g/mol. The highest BCUT2D eigenvalue weighted by atomic mass is 16.5. The fourth-order valence-corrected chi connectivity index (χ4v) is 2.41. The number of hydrogen-bond donors (Lipinski definition) is 0. The molecule has 0 fully saturated rings. The van der Waals surface area contributed by atoms with Gasteiger partial charge in [-0.2, -0.15) is 0 Å². The zero-order valence-electron chi connectivity index (χ0n) is 12.8. The Kier molecular flexibility index (Phi) is 4.35. The van der Waals surface area contributed by atoms with Crippen LogP contribution in [0.25, 0.3) is 11.3 Å². The van der Waals surface area contributed by atoms with Gasteiger partial charge in [-0.05, 0) is 19.4 Å². The average Bonchev–Trinajstić information content (AvgIpc) is 3.04. The molecule has 1 unspecified atom stereocenters. The Labute approximate surface area is 130 Å². The molecule has 0 bridgehead atoms. The van der Waals surface area contributed by atoms with Crippen LogP contribution in [0.3, 0.4) is 0 Å². The van der Waals surface area contributed by atoms with Crippen LogP contribution >= 0.6 is 0 Å². The van der Waals surface area contributed by atoms with Crippen LogP contribution in [0, 0.1) is 6.92 Å². The van der Waals surface area contributed by atoms with Gasteiger partial charge >= 0.3 is 0 Å². The van der Waals surface area contributed by atoms with E-state index in [9.17, 15) is 0 Å². The Morgan fingerprint density at radius 3 is 2.45 bits per heavy atom. The molecule has 0 spiro atoms. The first-order valence-corrected chi connectivity index (χ1v) is 7.48. The van der Waals surface area contributed by atoms with E-state index in [2.05, 4.69) is 24.2 Å². The summed E-state index contributed by atoms with van der Waals surface area (Å²) >= 11 is 0. The quantitative estimate of drug-likeness (QED) is 0.679. The van der Waals surface area contributed by atoms with Crippen molar-refractivity contribution in [2.75, 3.05) is 6.61 Å². The minimum Gasteiger partial charge on any atom is -0.367 e. The first-order valence-electron chi connectivity index (χ1n) is 7.48. The van der Waals surface area contributed by atoms with Crippen molar-refractivity contribution >= 4 is 0 Å². The molecular formula is C19H19NO2. The second-order valence-corrected chi connectivity index (χ2v) is 5.23. The van der Waals surface area contributed by atoms with E-state index < -0.39 is 0 Å². The molecule has 2 aromatic carbocycles. The largest absolute Gasteiger partial charge is 0.367 e. The van der Waals surface area contributed by atoms with Gasteiger partial charge in [0.1, 0.15) is 11.8 Å². The van der Waals surface area contributed by atoms with Crippen molar-refractivity contribution in [1.82, 2.24) is 5.16 Å². The van der Waals surface area contributed by atoms with E-state index in [1.807, 2.05) is 55.5 Å². The Bertz CT molecular complexity index is 717. The van der Waals surface area contributed by atoms with Gasteiger partial charge in [0.15, 0.2) is 5.76 Å². The zero-order valence-corrected chi connectivity index (χ0v) is 12.8. The average molecular weight is 293 g/mol. The topological polar surface area (TPSA) is 35.3 Å². The number of ether oxygens (including phenoxy) is 1. The van der Waals surface area contributed by atoms with Crippen LogP contribution in [0.5, 0.6) is 0 Å². The maximum absolute atomic E-state index is 5.86. The summed E-state index contributed by atoms with van der Waals surface area (Å²) in [5.74, 6) is 0.760. The molecule has 0 saturated heterocycles. The lowest BCUT2D eigenvalue weighted by Gasteiger charge is -2.14. The SMILES string of the molecule is CCOC(c1ccccc1)c1cc(-c2ccc(C)cc2)on1. The lowest BCUT2D eigenvalue weighted by Crippen LogP contribution is -2.06. The molecule has 0 aliphatic heterocycles. The molecule has 0 saturated carbocycles. The Balaban J connectivity index is 1.92. The summed E-state index contributed by atoms with van der Waals surface area (Å²) in [4.78, 5) is 0. The van der Waals surface area contributed by atoms with Crippen molar-refractivity contribution in [2.45, 2.75) is 20.0 Å². The minimum absolute atomic E-state index is 0.200. The number of hydrogen-bond acceptors (Lipinski definition) is 3. The lowest BCUT2D eigenvalue weighted by atomic mass is 10.0. The van der Waals surface area contributed by atoms with Gasteiger partial charge in [-0.15, -0.1) is 0 Å². The molecule has 3 nitrogen and oxygen atoms in total. The highest BCUT2D eigenvalue weighted by Gasteiger charge is 2.19. The van der Waals surface area contributed by atoms with Crippen molar-refractivity contribution in [1.29, 1.82) is 0 Å². The van der Waals surface area contributed by atoms with Gasteiger partial charge < -0.3 is 9.26 Å². The Morgan fingerprint density at radius 2 is 1.77 bits per heavy atom. The van der Waals surface area contributed by atoms with Crippen LogP contribution in [-0.2, 0) is 4.74 Å². The van der Waals surface area contributed by atoms with Crippen LogP contribution in [0.4, 0.5) is 0 Å². The van der Waals surface area contributed by atoms with Crippen LogP contribution in [-0.4, -0.2) is 11.8 Å². The summed E-state index contributed by atoms with van der Waals surface area (Å²) in [5, 5.41) is 4.21. The Hall–Kier alpha value is -2.39. The smallest absolute Gasteiger partial charge is 0.167 e. The molecule has 3 heteroatoms. The molecule has 0 amide bonds. The summed E-state index contributed by atoms with van der Waals surface area (Å²) in [6, 6.07) is 20.2. The molecule has 112 valence electrons. The molecule has 0 N–H and O–H groups in total. The summed E-state index contributed by atoms with van der Waals surface area (Å²) in [5.41, 5.74) is 4.12. The molecule has 0 aliphatic rings. The van der Waals surface area contributed by atoms with Crippen molar-refractivity contribution in [3.8, 4) is 11.3 Å². The van der Waals surface area contributed by atoms with E-state index in [0.29, 0.717) is 6.61 Å². The van der Waals surface area contributed by atoms with E-state index in [-0.39, 0.29) is 6.10 Å². The molecular weight excluding hydrogens is 274 g/mol. The number of benzene rings is 2. The normalized spacial score (nSPS) is 12.3. The molecule has 1 heterocycles. The first kappa shape index (κ1) is 14.5. The van der Waals surface area contributed by atoms with Gasteiger partial charge in [-0.1, -0.05) is 65.3 Å². The van der Waals surface area contributed by atoms with E-state index in [4.69, 9.17) is 9.26 Å². The van der Waals surface area contributed by atoms with Gasteiger partial charge in [-0.25, -0.2) is 0 Å². The Morgan fingerprint density at radius 1 is 1.05 bits per heavy atom. The van der Waals surface area contributed by atoms with E-state index >= 15 is 0 Å². The number of rotatable bonds is 5. The standard InChI is InChI=1S/C19H19NO2/c1-3-21-19(16-7-5-4-6-8-16)17-13-18(22-20-17)15-11-9-14(2)10-12-15/h4-13,19H,3H2,1-2H3. The molecule has 1 aromatic heterocycles. The van der Waals surface area contributed by atoms with Crippen LogP contribution in [0.1, 0.15) is 29.8 Å². The summed E-state index contributed by atoms with van der Waals surface area (Å²) < 4.78 is 11.4. The fraction of sp³-hybridized carbons (Fsp3) is 0.211. The van der Waals surface area contributed by atoms with Crippen molar-refractivity contribution in [2.24, 2.45) is 0 Å². The predicted octanol–water partition coefficient (Wildman–Crippen LogP) is 4.78. The molecule has 0 radical (unpaired) electrons. The maximum atomic E-state index is 5.86. The van der Waals surface area contributed by atoms with Crippen LogP contribution in [0.15, 0.2) is 65.2 Å². The van der Waals surface area contributed by atoms with Gasteiger partial charge in [0.25, 0.3) is 0 Å². The second kappa shape index (κ2) is 6.58. The molecule has 22 heavy (non-hydrogen) atoms. The second-order valence-electron chi connectivity index (χ2n) is 5.23. The van der Waals surface area contributed by atoms with Crippen molar-refractivity contribution in [3.63, 3.8) is 0 Å². The predicted molar refractivity (Wildman–Crippen MR) is 86.6 cm³/mol. The van der Waals surface area contributed by atoms with Gasteiger partial charge in [0.2, 0.25) is 0 Å². The molecule has 0 aliphatic carbocycles. The summed E-state index contributed by atoms with van der Waals surface area (Å²) in [7, 11) is 0. The third-order valence-electron chi connectivity index (χ3n) is 3.57. The summed E-state index contributed by atoms with van der Waals surface area (Å²) in [6.07, 6.45) is -0.200.